The first kappa shape index (κ1) is 13.5. The fourth-order valence-electron chi connectivity index (χ4n) is 1.82. The first-order valence-corrected chi connectivity index (χ1v) is 6.20. The molecule has 0 aliphatic rings. The Morgan fingerprint density at radius 2 is 1.84 bits per heavy atom. The molecule has 0 aliphatic heterocycles. The molecule has 0 bridgehead atoms. The van der Waals surface area contributed by atoms with Gasteiger partial charge in [0.2, 0.25) is 0 Å². The van der Waals surface area contributed by atoms with Gasteiger partial charge in [-0.3, -0.25) is 4.68 Å². The minimum Gasteiger partial charge on any atom is -0.364 e. The van der Waals surface area contributed by atoms with Crippen molar-refractivity contribution in [3.63, 3.8) is 0 Å². The van der Waals surface area contributed by atoms with E-state index in [9.17, 15) is 8.78 Å². The molecule has 1 N–H and O–H groups in total. The number of anilines is 1. The van der Waals surface area contributed by atoms with E-state index in [-0.39, 0.29) is 6.04 Å². The van der Waals surface area contributed by atoms with Crippen LogP contribution in [0.4, 0.5) is 14.6 Å². The number of aryl methyl sites for hydroxylation is 1. The van der Waals surface area contributed by atoms with E-state index in [2.05, 4.69) is 10.4 Å². The van der Waals surface area contributed by atoms with Crippen LogP contribution in [0, 0.1) is 18.6 Å². The number of benzene rings is 1. The highest BCUT2D eigenvalue weighted by Gasteiger charge is 2.07. The molecule has 1 heterocycles. The van der Waals surface area contributed by atoms with Gasteiger partial charge in [0.15, 0.2) is 5.82 Å². The quantitative estimate of drug-likeness (QED) is 0.914. The molecule has 2 aromatic rings. The smallest absolute Gasteiger partial charge is 0.151 e. The molecule has 0 radical (unpaired) electrons. The lowest BCUT2D eigenvalue weighted by Gasteiger charge is -2.06. The zero-order valence-electron chi connectivity index (χ0n) is 11.2. The molecule has 0 saturated heterocycles. The summed E-state index contributed by atoms with van der Waals surface area (Å²) >= 11 is 0. The largest absolute Gasteiger partial charge is 0.364 e. The summed E-state index contributed by atoms with van der Waals surface area (Å²) < 4.78 is 28.0. The van der Waals surface area contributed by atoms with Crippen molar-refractivity contribution in [3.05, 3.63) is 47.2 Å². The van der Waals surface area contributed by atoms with Crippen molar-refractivity contribution in [3.8, 4) is 0 Å². The van der Waals surface area contributed by atoms with Gasteiger partial charge in [-0.2, -0.15) is 5.10 Å². The molecule has 19 heavy (non-hydrogen) atoms. The lowest BCUT2D eigenvalue weighted by atomic mass is 10.2. The third kappa shape index (κ3) is 3.30. The molecule has 1 aromatic carbocycles. The minimum atomic E-state index is -0.568. The van der Waals surface area contributed by atoms with Crippen LogP contribution in [0.15, 0.2) is 24.4 Å². The van der Waals surface area contributed by atoms with Gasteiger partial charge in [-0.25, -0.2) is 8.78 Å². The van der Waals surface area contributed by atoms with Gasteiger partial charge in [-0.05, 0) is 38.5 Å². The molecule has 0 aliphatic carbocycles. The molecule has 102 valence electrons. The number of nitrogens with one attached hydrogen (secondary N) is 1. The molecule has 1 aromatic heterocycles. The SMILES string of the molecule is Cc1cn(C(C)C)nc1NCc1cc(F)cc(F)c1. The lowest BCUT2D eigenvalue weighted by Crippen LogP contribution is -2.05. The number of aromatic nitrogens is 2. The van der Waals surface area contributed by atoms with Crippen molar-refractivity contribution in [1.29, 1.82) is 0 Å². The Balaban J connectivity index is 2.10. The van der Waals surface area contributed by atoms with E-state index in [0.717, 1.165) is 17.4 Å². The molecular formula is C14H17F2N3. The summed E-state index contributed by atoms with van der Waals surface area (Å²) in [5, 5.41) is 7.48. The third-order valence-electron chi connectivity index (χ3n) is 2.83. The van der Waals surface area contributed by atoms with Crippen LogP contribution in [0.1, 0.15) is 31.0 Å². The normalized spacial score (nSPS) is 11.1. The van der Waals surface area contributed by atoms with Gasteiger partial charge in [0.1, 0.15) is 11.6 Å². The predicted molar refractivity (Wildman–Crippen MR) is 71.0 cm³/mol. The van der Waals surface area contributed by atoms with Crippen LogP contribution in [0.5, 0.6) is 0 Å². The molecule has 2 rings (SSSR count). The van der Waals surface area contributed by atoms with E-state index in [0.29, 0.717) is 12.1 Å². The number of hydrogen-bond acceptors (Lipinski definition) is 2. The van der Waals surface area contributed by atoms with Gasteiger partial charge in [0, 0.05) is 30.4 Å². The van der Waals surface area contributed by atoms with Gasteiger partial charge >= 0.3 is 0 Å². The van der Waals surface area contributed by atoms with Crippen LogP contribution < -0.4 is 5.32 Å². The molecule has 0 fully saturated rings. The summed E-state index contributed by atoms with van der Waals surface area (Å²) in [6, 6.07) is 3.76. The summed E-state index contributed by atoms with van der Waals surface area (Å²) in [4.78, 5) is 0. The Morgan fingerprint density at radius 3 is 2.37 bits per heavy atom. The Bertz CT molecular complexity index is 556. The zero-order chi connectivity index (χ0) is 14.0. The van der Waals surface area contributed by atoms with Crippen molar-refractivity contribution in [1.82, 2.24) is 9.78 Å². The molecule has 5 heteroatoms. The second-order valence-electron chi connectivity index (χ2n) is 4.87. The summed E-state index contributed by atoms with van der Waals surface area (Å²) in [5.74, 6) is -0.402. The van der Waals surface area contributed by atoms with Crippen LogP contribution in [0.2, 0.25) is 0 Å². The maximum Gasteiger partial charge on any atom is 0.151 e. The van der Waals surface area contributed by atoms with Crippen LogP contribution in [0.25, 0.3) is 0 Å². The fourth-order valence-corrected chi connectivity index (χ4v) is 1.82. The Morgan fingerprint density at radius 1 is 1.21 bits per heavy atom. The van der Waals surface area contributed by atoms with Crippen molar-refractivity contribution in [2.45, 2.75) is 33.4 Å². The summed E-state index contributed by atoms with van der Waals surface area (Å²) in [6.45, 7) is 6.36. The second kappa shape index (κ2) is 5.38. The van der Waals surface area contributed by atoms with Crippen molar-refractivity contribution in [2.75, 3.05) is 5.32 Å². The van der Waals surface area contributed by atoms with Crippen molar-refractivity contribution >= 4 is 5.82 Å². The van der Waals surface area contributed by atoms with E-state index in [1.54, 1.807) is 0 Å². The molecule has 0 amide bonds. The summed E-state index contributed by atoms with van der Waals surface area (Å²) in [7, 11) is 0. The van der Waals surface area contributed by atoms with Gasteiger partial charge < -0.3 is 5.32 Å². The maximum atomic E-state index is 13.1. The standard InChI is InChI=1S/C14H17F2N3/c1-9(2)19-8-10(3)14(18-19)17-7-11-4-12(15)6-13(16)5-11/h4-6,8-9H,7H2,1-3H3,(H,17,18). The van der Waals surface area contributed by atoms with Crippen LogP contribution >= 0.6 is 0 Å². The summed E-state index contributed by atoms with van der Waals surface area (Å²) in [6.07, 6.45) is 1.94. The summed E-state index contributed by atoms with van der Waals surface area (Å²) in [5.41, 5.74) is 1.56. The van der Waals surface area contributed by atoms with Gasteiger partial charge in [0.25, 0.3) is 0 Å². The number of rotatable bonds is 4. The van der Waals surface area contributed by atoms with E-state index in [1.807, 2.05) is 31.6 Å². The van der Waals surface area contributed by atoms with Crippen molar-refractivity contribution < 1.29 is 8.78 Å². The number of halogens is 2. The van der Waals surface area contributed by atoms with E-state index < -0.39 is 11.6 Å². The molecule has 3 nitrogen and oxygen atoms in total. The average molecular weight is 265 g/mol. The third-order valence-corrected chi connectivity index (χ3v) is 2.83. The number of nitrogens with zero attached hydrogens (tertiary/aromatic N) is 2. The zero-order valence-corrected chi connectivity index (χ0v) is 11.2. The topological polar surface area (TPSA) is 29.9 Å². The van der Waals surface area contributed by atoms with Gasteiger partial charge in [-0.1, -0.05) is 0 Å². The highest BCUT2D eigenvalue weighted by Crippen LogP contribution is 2.16. The molecule has 0 saturated carbocycles. The van der Waals surface area contributed by atoms with E-state index in [1.165, 1.54) is 12.1 Å². The van der Waals surface area contributed by atoms with E-state index >= 15 is 0 Å². The minimum absolute atomic E-state index is 0.279. The molecular weight excluding hydrogens is 248 g/mol. The van der Waals surface area contributed by atoms with Gasteiger partial charge in [0.05, 0.1) is 0 Å². The van der Waals surface area contributed by atoms with Crippen LogP contribution in [-0.4, -0.2) is 9.78 Å². The predicted octanol–water partition coefficient (Wildman–Crippen LogP) is 3.66. The molecule has 0 spiro atoms. The first-order valence-electron chi connectivity index (χ1n) is 6.20. The Kier molecular flexibility index (Phi) is 3.83. The van der Waals surface area contributed by atoms with Crippen LogP contribution in [0.3, 0.4) is 0 Å². The van der Waals surface area contributed by atoms with E-state index in [4.69, 9.17) is 0 Å². The molecule has 0 unspecified atom stereocenters. The van der Waals surface area contributed by atoms with Crippen LogP contribution in [-0.2, 0) is 6.54 Å². The lowest BCUT2D eigenvalue weighted by molar-refractivity contribution is 0.533. The number of hydrogen-bond donors (Lipinski definition) is 1. The maximum absolute atomic E-state index is 13.1. The monoisotopic (exact) mass is 265 g/mol. The Labute approximate surface area is 111 Å². The Hall–Kier alpha value is -1.91. The second-order valence-corrected chi connectivity index (χ2v) is 4.87. The fraction of sp³-hybridized carbons (Fsp3) is 0.357. The molecule has 0 atom stereocenters. The average Bonchev–Trinajstić information content (AvgIpc) is 2.67. The first-order chi connectivity index (χ1) is 8.95. The highest BCUT2D eigenvalue weighted by atomic mass is 19.1. The van der Waals surface area contributed by atoms with Gasteiger partial charge in [-0.15, -0.1) is 0 Å². The highest BCUT2D eigenvalue weighted by molar-refractivity contribution is 5.42. The van der Waals surface area contributed by atoms with Crippen molar-refractivity contribution in [2.24, 2.45) is 0 Å².